The molecule has 1 aromatic heterocycles. The predicted molar refractivity (Wildman–Crippen MR) is 120 cm³/mol. The first kappa shape index (κ1) is 23.1. The van der Waals surface area contributed by atoms with Gasteiger partial charge in [-0.15, -0.1) is 0 Å². The Hall–Kier alpha value is -3.04. The Morgan fingerprint density at radius 3 is 2.48 bits per heavy atom. The molecule has 0 radical (unpaired) electrons. The van der Waals surface area contributed by atoms with Gasteiger partial charge in [-0.3, -0.25) is 0 Å². The molecule has 9 heteroatoms. The van der Waals surface area contributed by atoms with Gasteiger partial charge in [0, 0.05) is 30.1 Å². The van der Waals surface area contributed by atoms with Crippen molar-refractivity contribution in [3.05, 3.63) is 74.9 Å². The molecule has 3 aromatic rings. The monoisotopic (exact) mass is 473 g/mol. The molecular weight excluding hydrogens is 449 g/mol. The van der Waals surface area contributed by atoms with Gasteiger partial charge in [-0.2, -0.15) is 4.31 Å². The first-order chi connectivity index (χ1) is 15.7. The largest absolute Gasteiger partial charge is 0.457 e. The van der Waals surface area contributed by atoms with Crippen molar-refractivity contribution < 1.29 is 26.8 Å². The molecule has 2 heterocycles. The maximum Gasteiger partial charge on any atom is 0.338 e. The number of hydrogen-bond acceptors (Lipinski definition) is 6. The Bertz CT molecular complexity index is 1390. The summed E-state index contributed by atoms with van der Waals surface area (Å²) in [7, 11) is -4.06. The number of halogens is 1. The molecule has 2 aromatic carbocycles. The molecule has 0 aliphatic carbocycles. The zero-order valence-corrected chi connectivity index (χ0v) is 19.2. The maximum absolute atomic E-state index is 14.4. The molecular formula is C24H24FNO6S. The van der Waals surface area contributed by atoms with Crippen molar-refractivity contribution >= 4 is 27.0 Å². The number of sulfonamides is 1. The molecule has 1 aliphatic heterocycles. The number of piperidine rings is 1. The van der Waals surface area contributed by atoms with Crippen molar-refractivity contribution in [1.29, 1.82) is 0 Å². The van der Waals surface area contributed by atoms with E-state index in [0.717, 1.165) is 29.7 Å². The van der Waals surface area contributed by atoms with Crippen LogP contribution < -0.4 is 5.63 Å². The quantitative estimate of drug-likeness (QED) is 0.409. The topological polar surface area (TPSA) is 93.9 Å². The van der Waals surface area contributed by atoms with Crippen LogP contribution in [0.4, 0.5) is 4.39 Å². The van der Waals surface area contributed by atoms with Crippen molar-refractivity contribution in [2.75, 3.05) is 13.1 Å². The number of ether oxygens (including phenoxy) is 1. The number of nitrogens with zero attached hydrogens (tertiary/aromatic N) is 1. The molecule has 0 spiro atoms. The smallest absolute Gasteiger partial charge is 0.338 e. The summed E-state index contributed by atoms with van der Waals surface area (Å²) in [6.07, 6.45) is 2.34. The van der Waals surface area contributed by atoms with E-state index in [1.54, 1.807) is 6.07 Å². The zero-order valence-electron chi connectivity index (χ0n) is 18.4. The molecule has 0 atom stereocenters. The van der Waals surface area contributed by atoms with Gasteiger partial charge in [0.2, 0.25) is 10.0 Å². The van der Waals surface area contributed by atoms with Crippen LogP contribution in [0.15, 0.2) is 50.5 Å². The van der Waals surface area contributed by atoms with E-state index in [0.29, 0.717) is 42.5 Å². The van der Waals surface area contributed by atoms with Crippen LogP contribution in [-0.4, -0.2) is 31.8 Å². The van der Waals surface area contributed by atoms with Gasteiger partial charge in [0.25, 0.3) is 0 Å². The van der Waals surface area contributed by atoms with E-state index in [-0.39, 0.29) is 12.2 Å². The number of carbonyl (C=O) groups excluding carboxylic acids is 1. The minimum atomic E-state index is -4.06. The van der Waals surface area contributed by atoms with Crippen LogP contribution in [0.2, 0.25) is 0 Å². The Balaban J connectivity index is 1.60. The Morgan fingerprint density at radius 2 is 1.76 bits per heavy atom. The highest BCUT2D eigenvalue weighted by molar-refractivity contribution is 7.89. The number of rotatable bonds is 5. The third-order valence-corrected chi connectivity index (χ3v) is 7.82. The minimum absolute atomic E-state index is 0.0914. The normalized spacial score (nSPS) is 15.0. The average Bonchev–Trinajstić information content (AvgIpc) is 2.79. The Labute approximate surface area is 190 Å². The number of aryl methyl sites for hydroxylation is 2. The van der Waals surface area contributed by atoms with E-state index < -0.39 is 32.3 Å². The zero-order chi connectivity index (χ0) is 23.8. The lowest BCUT2D eigenvalue weighted by molar-refractivity contribution is 0.0473. The van der Waals surface area contributed by atoms with Crippen LogP contribution in [0.3, 0.4) is 0 Å². The number of fused-ring (bicyclic) bond motifs is 1. The van der Waals surface area contributed by atoms with Crippen molar-refractivity contribution in [2.45, 2.75) is 44.6 Å². The standard InChI is InChI=1S/C24H24FNO6S/c1-15-10-19-18(13-23(27)32-21(19)11-16(15)2)14-31-24(28)17-6-7-20(25)22(12-17)33(29,30)26-8-4-3-5-9-26/h6-7,10-13H,3-5,8-9,14H2,1-2H3. The number of hydrogen-bond donors (Lipinski definition) is 0. The third-order valence-electron chi connectivity index (χ3n) is 5.90. The fourth-order valence-corrected chi connectivity index (χ4v) is 5.51. The summed E-state index contributed by atoms with van der Waals surface area (Å²) in [5, 5.41) is 0.637. The van der Waals surface area contributed by atoms with Gasteiger partial charge in [-0.1, -0.05) is 6.42 Å². The summed E-state index contributed by atoms with van der Waals surface area (Å²) >= 11 is 0. The Kier molecular flexibility index (Phi) is 6.36. The molecule has 33 heavy (non-hydrogen) atoms. The highest BCUT2D eigenvalue weighted by Gasteiger charge is 2.29. The molecule has 4 rings (SSSR count). The molecule has 174 valence electrons. The summed E-state index contributed by atoms with van der Waals surface area (Å²) in [6.45, 7) is 4.22. The van der Waals surface area contributed by atoms with Crippen molar-refractivity contribution in [3.63, 3.8) is 0 Å². The second-order valence-corrected chi connectivity index (χ2v) is 10.1. The second-order valence-electron chi connectivity index (χ2n) is 8.21. The van der Waals surface area contributed by atoms with Gasteiger partial charge < -0.3 is 9.15 Å². The SMILES string of the molecule is Cc1cc2oc(=O)cc(COC(=O)c3ccc(F)c(S(=O)(=O)N4CCCCC4)c3)c2cc1C. The van der Waals surface area contributed by atoms with E-state index in [9.17, 15) is 22.4 Å². The molecule has 1 saturated heterocycles. The molecule has 1 fully saturated rings. The van der Waals surface area contributed by atoms with Gasteiger partial charge >= 0.3 is 11.6 Å². The van der Waals surface area contributed by atoms with Gasteiger partial charge in [0.15, 0.2) is 0 Å². The highest BCUT2D eigenvalue weighted by atomic mass is 32.2. The molecule has 0 bridgehead atoms. The molecule has 7 nitrogen and oxygen atoms in total. The average molecular weight is 474 g/mol. The van der Waals surface area contributed by atoms with Gasteiger partial charge in [-0.25, -0.2) is 22.4 Å². The van der Waals surface area contributed by atoms with Gasteiger partial charge in [0.05, 0.1) is 5.56 Å². The summed E-state index contributed by atoms with van der Waals surface area (Å²) in [5.41, 5.74) is 2.11. The lowest BCUT2D eigenvalue weighted by Crippen LogP contribution is -2.36. The minimum Gasteiger partial charge on any atom is -0.457 e. The summed E-state index contributed by atoms with van der Waals surface area (Å²) < 4.78 is 52.0. The van der Waals surface area contributed by atoms with E-state index in [2.05, 4.69) is 0 Å². The molecule has 0 N–H and O–H groups in total. The van der Waals surface area contributed by atoms with Crippen LogP contribution in [-0.2, 0) is 21.4 Å². The molecule has 0 amide bonds. The maximum atomic E-state index is 14.4. The lowest BCUT2D eigenvalue weighted by atomic mass is 10.0. The van der Waals surface area contributed by atoms with Crippen LogP contribution in [0, 0.1) is 19.7 Å². The van der Waals surface area contributed by atoms with Crippen molar-refractivity contribution in [3.8, 4) is 0 Å². The van der Waals surface area contributed by atoms with E-state index in [1.807, 2.05) is 19.9 Å². The summed E-state index contributed by atoms with van der Waals surface area (Å²) in [5.74, 6) is -1.75. The first-order valence-electron chi connectivity index (χ1n) is 10.7. The lowest BCUT2D eigenvalue weighted by Gasteiger charge is -2.26. The predicted octanol–water partition coefficient (Wildman–Crippen LogP) is 4.08. The van der Waals surface area contributed by atoms with Gasteiger partial charge in [-0.05, 0) is 68.1 Å². The molecule has 1 aliphatic rings. The Morgan fingerprint density at radius 1 is 1.06 bits per heavy atom. The number of benzene rings is 2. The molecule has 0 saturated carbocycles. The van der Waals surface area contributed by atoms with E-state index in [4.69, 9.17) is 9.15 Å². The van der Waals surface area contributed by atoms with Crippen LogP contribution in [0.1, 0.15) is 46.3 Å². The fraction of sp³-hybridized carbons (Fsp3) is 0.333. The summed E-state index contributed by atoms with van der Waals surface area (Å²) in [6, 6.07) is 7.98. The fourth-order valence-electron chi connectivity index (χ4n) is 3.90. The molecule has 0 unspecified atom stereocenters. The van der Waals surface area contributed by atoms with Crippen LogP contribution in [0.25, 0.3) is 11.0 Å². The third kappa shape index (κ3) is 4.69. The van der Waals surface area contributed by atoms with E-state index >= 15 is 0 Å². The number of esters is 1. The number of carbonyl (C=O) groups is 1. The van der Waals surface area contributed by atoms with Crippen molar-refractivity contribution in [2.24, 2.45) is 0 Å². The van der Waals surface area contributed by atoms with Crippen LogP contribution >= 0.6 is 0 Å². The van der Waals surface area contributed by atoms with Gasteiger partial charge in [0.1, 0.15) is 22.9 Å². The van der Waals surface area contributed by atoms with E-state index in [1.165, 1.54) is 16.4 Å². The summed E-state index contributed by atoms with van der Waals surface area (Å²) in [4.78, 5) is 24.1. The van der Waals surface area contributed by atoms with Crippen LogP contribution in [0.5, 0.6) is 0 Å². The first-order valence-corrected chi connectivity index (χ1v) is 12.1. The highest BCUT2D eigenvalue weighted by Crippen LogP contribution is 2.25. The second kappa shape index (κ2) is 9.07. The van der Waals surface area contributed by atoms with Crippen molar-refractivity contribution in [1.82, 2.24) is 4.31 Å².